The molecule has 0 radical (unpaired) electrons. The van der Waals surface area contributed by atoms with Gasteiger partial charge in [-0.3, -0.25) is 14.3 Å². The minimum Gasteiger partial charge on any atom is -0.494 e. The molecule has 3 aromatic rings. The van der Waals surface area contributed by atoms with E-state index in [-0.39, 0.29) is 12.1 Å². The zero-order valence-electron chi connectivity index (χ0n) is 17.6. The van der Waals surface area contributed by atoms with Crippen LogP contribution >= 0.6 is 11.6 Å². The average molecular weight is 443 g/mol. The van der Waals surface area contributed by atoms with Gasteiger partial charge in [-0.15, -0.1) is 0 Å². The largest absolute Gasteiger partial charge is 0.494 e. The van der Waals surface area contributed by atoms with E-state index in [0.29, 0.717) is 22.0 Å². The molecule has 31 heavy (non-hydrogen) atoms. The first kappa shape index (κ1) is 22.3. The van der Waals surface area contributed by atoms with Crippen molar-refractivity contribution >= 4 is 23.5 Å². The number of carboxylic acid groups (broad SMARTS) is 1. The highest BCUT2D eigenvalue weighted by Crippen LogP contribution is 2.33. The lowest BCUT2D eigenvalue weighted by Crippen LogP contribution is -2.31. The molecule has 0 unspecified atom stereocenters. The number of hydrogen-bond acceptors (Lipinski definition) is 5. The second kappa shape index (κ2) is 9.18. The van der Waals surface area contributed by atoms with Crippen molar-refractivity contribution in [1.29, 1.82) is 0 Å². The summed E-state index contributed by atoms with van der Waals surface area (Å²) < 4.78 is 7.18. The molecule has 2 aromatic heterocycles. The average Bonchev–Trinajstić information content (AvgIpc) is 2.98. The van der Waals surface area contributed by atoms with Gasteiger partial charge in [0.1, 0.15) is 17.1 Å². The third-order valence-electron chi connectivity index (χ3n) is 5.02. The number of nitrogens with zero attached hydrogens (tertiary/aromatic N) is 3. The zero-order chi connectivity index (χ0) is 22.7. The number of amides is 1. The summed E-state index contributed by atoms with van der Waals surface area (Å²) in [6.45, 7) is 3.76. The maximum absolute atomic E-state index is 13.0. The van der Waals surface area contributed by atoms with Crippen molar-refractivity contribution in [2.75, 3.05) is 7.11 Å². The number of hydrogen-bond donors (Lipinski definition) is 2. The third-order valence-corrected chi connectivity index (χ3v) is 5.37. The normalized spacial score (nSPS) is 11.8. The van der Waals surface area contributed by atoms with Crippen molar-refractivity contribution in [3.8, 4) is 17.0 Å². The number of aliphatic carboxylic acids is 1. The number of ether oxygens (including phenoxy) is 1. The van der Waals surface area contributed by atoms with Crippen LogP contribution < -0.4 is 10.1 Å². The maximum atomic E-state index is 13.0. The van der Waals surface area contributed by atoms with Crippen LogP contribution in [0.3, 0.4) is 0 Å². The van der Waals surface area contributed by atoms with Gasteiger partial charge >= 0.3 is 5.97 Å². The quantitative estimate of drug-likeness (QED) is 0.577. The molecule has 162 valence electrons. The van der Waals surface area contributed by atoms with Crippen molar-refractivity contribution in [1.82, 2.24) is 20.1 Å². The lowest BCUT2D eigenvalue weighted by atomic mass is 10.0. The van der Waals surface area contributed by atoms with E-state index in [1.165, 1.54) is 13.2 Å². The van der Waals surface area contributed by atoms with Crippen LogP contribution in [0, 0.1) is 13.8 Å². The number of halogens is 1. The van der Waals surface area contributed by atoms with Crippen LogP contribution in [0.4, 0.5) is 0 Å². The Morgan fingerprint density at radius 3 is 2.52 bits per heavy atom. The van der Waals surface area contributed by atoms with Gasteiger partial charge in [0, 0.05) is 23.3 Å². The number of carbonyl (C=O) groups is 2. The molecule has 9 heteroatoms. The smallest absolute Gasteiger partial charge is 0.305 e. The number of pyridine rings is 1. The molecule has 0 bridgehead atoms. The van der Waals surface area contributed by atoms with Crippen LogP contribution in [0.15, 0.2) is 36.4 Å². The van der Waals surface area contributed by atoms with Gasteiger partial charge in [0.25, 0.3) is 5.91 Å². The topological polar surface area (TPSA) is 106 Å². The van der Waals surface area contributed by atoms with Crippen LogP contribution in [-0.4, -0.2) is 38.9 Å². The number of carbonyl (C=O) groups excluding carboxylic acids is 1. The van der Waals surface area contributed by atoms with E-state index in [4.69, 9.17) is 16.3 Å². The van der Waals surface area contributed by atoms with Gasteiger partial charge in [0.05, 0.1) is 25.3 Å². The Kier molecular flexibility index (Phi) is 6.60. The summed E-state index contributed by atoms with van der Waals surface area (Å²) in [5.41, 5.74) is 3.55. The summed E-state index contributed by atoms with van der Waals surface area (Å²) in [7, 11) is 3.36. The second-order valence-corrected chi connectivity index (χ2v) is 7.47. The molecule has 2 heterocycles. The van der Waals surface area contributed by atoms with Gasteiger partial charge in [-0.05, 0) is 37.6 Å². The van der Waals surface area contributed by atoms with E-state index in [0.717, 1.165) is 17.0 Å². The molecule has 0 spiro atoms. The number of rotatable bonds is 7. The van der Waals surface area contributed by atoms with E-state index in [2.05, 4.69) is 15.4 Å². The van der Waals surface area contributed by atoms with Crippen molar-refractivity contribution in [3.05, 3.63) is 64.1 Å². The fourth-order valence-electron chi connectivity index (χ4n) is 3.44. The van der Waals surface area contributed by atoms with Gasteiger partial charge in [0.2, 0.25) is 0 Å². The fraction of sp³-hybridized carbons (Fsp3) is 0.273. The molecule has 8 nitrogen and oxygen atoms in total. The highest BCUT2D eigenvalue weighted by molar-refractivity contribution is 6.31. The number of carboxylic acids is 1. The monoisotopic (exact) mass is 442 g/mol. The second-order valence-electron chi connectivity index (χ2n) is 7.06. The lowest BCUT2D eigenvalue weighted by molar-refractivity contribution is -0.137. The number of aryl methyl sites for hydroxylation is 2. The Morgan fingerprint density at radius 1 is 1.23 bits per heavy atom. The van der Waals surface area contributed by atoms with Crippen molar-refractivity contribution in [3.63, 3.8) is 0 Å². The summed E-state index contributed by atoms with van der Waals surface area (Å²) in [6, 6.07) is 9.18. The summed E-state index contributed by atoms with van der Waals surface area (Å²) in [5.74, 6) is -1.08. The van der Waals surface area contributed by atoms with E-state index >= 15 is 0 Å². The minimum atomic E-state index is -1.06. The number of benzene rings is 1. The van der Waals surface area contributed by atoms with Crippen LogP contribution in [0.1, 0.15) is 39.9 Å². The first-order chi connectivity index (χ1) is 14.7. The summed E-state index contributed by atoms with van der Waals surface area (Å²) >= 11 is 6.23. The highest BCUT2D eigenvalue weighted by Gasteiger charge is 2.24. The Balaban J connectivity index is 1.99. The van der Waals surface area contributed by atoms with Gasteiger partial charge in [-0.25, -0.2) is 4.98 Å². The Hall–Kier alpha value is -3.39. The molecule has 0 aliphatic rings. The third kappa shape index (κ3) is 4.69. The summed E-state index contributed by atoms with van der Waals surface area (Å²) in [5, 5.41) is 16.8. The van der Waals surface area contributed by atoms with E-state index in [1.54, 1.807) is 35.0 Å². The molecule has 2 N–H and O–H groups in total. The molecule has 1 atom stereocenters. The van der Waals surface area contributed by atoms with E-state index < -0.39 is 17.9 Å². The van der Waals surface area contributed by atoms with Crippen molar-refractivity contribution < 1.29 is 19.4 Å². The maximum Gasteiger partial charge on any atom is 0.305 e. The lowest BCUT2D eigenvalue weighted by Gasteiger charge is -2.19. The molecule has 0 aliphatic heterocycles. The Labute approximate surface area is 184 Å². The predicted molar refractivity (Wildman–Crippen MR) is 116 cm³/mol. The van der Waals surface area contributed by atoms with Crippen LogP contribution in [0.5, 0.6) is 5.75 Å². The van der Waals surface area contributed by atoms with Crippen LogP contribution in [0.25, 0.3) is 11.3 Å². The first-order valence-corrected chi connectivity index (χ1v) is 9.93. The van der Waals surface area contributed by atoms with Gasteiger partial charge in [-0.1, -0.05) is 29.8 Å². The van der Waals surface area contributed by atoms with Gasteiger partial charge in [0.15, 0.2) is 0 Å². The number of methoxy groups -OCH3 is 1. The predicted octanol–water partition coefficient (Wildman–Crippen LogP) is 3.71. The molecule has 0 aliphatic carbocycles. The number of aromatic nitrogens is 3. The fourth-order valence-corrected chi connectivity index (χ4v) is 3.70. The standard InChI is InChI=1S/C22H23ClN4O4/c1-12-20(13(2)27(3)26-12)21-18(31-4)10-9-16(24-21)22(30)25-17(11-19(28)29)14-7-5-6-8-15(14)23/h5-10,17H,11H2,1-4H3,(H,25,30)(H,28,29)/t17-/m0/s1. The highest BCUT2D eigenvalue weighted by atomic mass is 35.5. The van der Waals surface area contributed by atoms with Crippen LogP contribution in [0.2, 0.25) is 5.02 Å². The SMILES string of the molecule is COc1ccc(C(=O)N[C@@H](CC(=O)O)c2ccccc2Cl)nc1-c1c(C)nn(C)c1C. The van der Waals surface area contributed by atoms with E-state index in [1.807, 2.05) is 20.9 Å². The molecule has 0 saturated carbocycles. The van der Waals surface area contributed by atoms with Crippen LogP contribution in [-0.2, 0) is 11.8 Å². The van der Waals surface area contributed by atoms with Gasteiger partial charge < -0.3 is 15.2 Å². The molecular formula is C22H23ClN4O4. The minimum absolute atomic E-state index is 0.126. The Morgan fingerprint density at radius 2 is 1.94 bits per heavy atom. The van der Waals surface area contributed by atoms with E-state index in [9.17, 15) is 14.7 Å². The first-order valence-electron chi connectivity index (χ1n) is 9.55. The van der Waals surface area contributed by atoms with Crippen molar-refractivity contribution in [2.24, 2.45) is 7.05 Å². The summed E-state index contributed by atoms with van der Waals surface area (Å²) in [4.78, 5) is 28.9. The van der Waals surface area contributed by atoms with Gasteiger partial charge in [-0.2, -0.15) is 5.10 Å². The molecule has 3 rings (SSSR count). The molecule has 0 saturated heterocycles. The zero-order valence-corrected chi connectivity index (χ0v) is 18.4. The molecule has 1 amide bonds. The molecule has 0 fully saturated rings. The Bertz CT molecular complexity index is 1140. The van der Waals surface area contributed by atoms with Crippen molar-refractivity contribution in [2.45, 2.75) is 26.3 Å². The summed E-state index contributed by atoms with van der Waals surface area (Å²) in [6.07, 6.45) is -0.320. The number of nitrogens with one attached hydrogen (secondary N) is 1. The molecule has 1 aromatic carbocycles. The molecular weight excluding hydrogens is 420 g/mol.